The highest BCUT2D eigenvalue weighted by atomic mass is 16.5. The number of benzene rings is 1. The Morgan fingerprint density at radius 2 is 1.86 bits per heavy atom. The summed E-state index contributed by atoms with van der Waals surface area (Å²) in [5.41, 5.74) is 0.555. The van der Waals surface area contributed by atoms with Crippen LogP contribution in [0.2, 0.25) is 0 Å². The largest absolute Gasteiger partial charge is 0.494 e. The SMILES string of the molecule is CCOc1ccc(C(=O)N(C)CC(=O)N2CCNCC2)cc1. The second kappa shape index (κ2) is 7.79. The summed E-state index contributed by atoms with van der Waals surface area (Å²) in [5.74, 6) is 0.563. The molecule has 0 unspecified atom stereocenters. The summed E-state index contributed by atoms with van der Waals surface area (Å²) >= 11 is 0. The number of nitrogens with one attached hydrogen (secondary N) is 1. The van der Waals surface area contributed by atoms with Crippen molar-refractivity contribution in [1.29, 1.82) is 0 Å². The Kier molecular flexibility index (Phi) is 5.77. The van der Waals surface area contributed by atoms with Gasteiger partial charge in [-0.25, -0.2) is 0 Å². The van der Waals surface area contributed by atoms with Crippen molar-refractivity contribution in [2.24, 2.45) is 0 Å². The number of rotatable bonds is 5. The maximum Gasteiger partial charge on any atom is 0.254 e. The molecule has 1 aliphatic heterocycles. The molecule has 0 saturated carbocycles. The summed E-state index contributed by atoms with van der Waals surface area (Å²) in [5, 5.41) is 3.20. The Hall–Kier alpha value is -2.08. The summed E-state index contributed by atoms with van der Waals surface area (Å²) in [7, 11) is 1.65. The molecule has 6 nitrogen and oxygen atoms in total. The maximum absolute atomic E-state index is 12.3. The minimum Gasteiger partial charge on any atom is -0.494 e. The smallest absolute Gasteiger partial charge is 0.254 e. The molecule has 1 aromatic rings. The number of piperazine rings is 1. The van der Waals surface area contributed by atoms with Crippen molar-refractivity contribution in [3.63, 3.8) is 0 Å². The van der Waals surface area contributed by atoms with Crippen molar-refractivity contribution in [3.8, 4) is 5.75 Å². The number of hydrogen-bond acceptors (Lipinski definition) is 4. The molecule has 0 aromatic heterocycles. The van der Waals surface area contributed by atoms with E-state index in [2.05, 4.69) is 5.32 Å². The van der Waals surface area contributed by atoms with Crippen LogP contribution in [0.1, 0.15) is 17.3 Å². The maximum atomic E-state index is 12.3. The van der Waals surface area contributed by atoms with Gasteiger partial charge in [-0.2, -0.15) is 0 Å². The highest BCUT2D eigenvalue weighted by Crippen LogP contribution is 2.13. The lowest BCUT2D eigenvalue weighted by Gasteiger charge is -2.29. The van der Waals surface area contributed by atoms with Crippen LogP contribution in [0.25, 0.3) is 0 Å². The Balaban J connectivity index is 1.91. The Labute approximate surface area is 131 Å². The number of hydrogen-bond donors (Lipinski definition) is 1. The van der Waals surface area contributed by atoms with Crippen LogP contribution >= 0.6 is 0 Å². The van der Waals surface area contributed by atoms with Gasteiger partial charge in [0.1, 0.15) is 5.75 Å². The molecular formula is C16H23N3O3. The van der Waals surface area contributed by atoms with Crippen LogP contribution < -0.4 is 10.1 Å². The van der Waals surface area contributed by atoms with Crippen molar-refractivity contribution in [3.05, 3.63) is 29.8 Å². The molecule has 120 valence electrons. The average Bonchev–Trinajstić information content (AvgIpc) is 2.56. The lowest BCUT2D eigenvalue weighted by Crippen LogP contribution is -2.49. The molecule has 0 aliphatic carbocycles. The molecule has 1 saturated heterocycles. The van der Waals surface area contributed by atoms with Gasteiger partial charge >= 0.3 is 0 Å². The van der Waals surface area contributed by atoms with Crippen LogP contribution in [0.4, 0.5) is 0 Å². The molecule has 0 radical (unpaired) electrons. The first-order chi connectivity index (χ1) is 10.6. The van der Waals surface area contributed by atoms with Gasteiger partial charge in [0.15, 0.2) is 0 Å². The van der Waals surface area contributed by atoms with Crippen molar-refractivity contribution < 1.29 is 14.3 Å². The van der Waals surface area contributed by atoms with Gasteiger partial charge < -0.3 is 19.9 Å². The lowest BCUT2D eigenvalue weighted by atomic mass is 10.2. The van der Waals surface area contributed by atoms with Crippen LogP contribution in [-0.4, -0.2) is 68.0 Å². The van der Waals surface area contributed by atoms with Gasteiger partial charge in [-0.15, -0.1) is 0 Å². The Bertz CT molecular complexity index is 510. The minimum absolute atomic E-state index is 0.0108. The standard InChI is InChI=1S/C16H23N3O3/c1-3-22-14-6-4-13(5-7-14)16(21)18(2)12-15(20)19-10-8-17-9-11-19/h4-7,17H,3,8-12H2,1-2H3. The van der Waals surface area contributed by atoms with Crippen molar-refractivity contribution in [2.45, 2.75) is 6.92 Å². The first-order valence-corrected chi connectivity index (χ1v) is 7.58. The number of carbonyl (C=O) groups excluding carboxylic acids is 2. The van der Waals surface area contributed by atoms with E-state index in [1.165, 1.54) is 4.90 Å². The average molecular weight is 305 g/mol. The molecule has 0 spiro atoms. The molecule has 1 heterocycles. The molecule has 6 heteroatoms. The number of nitrogens with zero attached hydrogens (tertiary/aromatic N) is 2. The number of carbonyl (C=O) groups is 2. The van der Waals surface area contributed by atoms with Gasteiger partial charge in [0.05, 0.1) is 13.2 Å². The number of ether oxygens (including phenoxy) is 1. The van der Waals surface area contributed by atoms with Crippen molar-refractivity contribution >= 4 is 11.8 Å². The first kappa shape index (κ1) is 16.3. The first-order valence-electron chi connectivity index (χ1n) is 7.58. The van der Waals surface area contributed by atoms with Crippen LogP contribution in [0.15, 0.2) is 24.3 Å². The fraction of sp³-hybridized carbons (Fsp3) is 0.500. The molecule has 0 bridgehead atoms. The van der Waals surface area contributed by atoms with E-state index >= 15 is 0 Å². The fourth-order valence-electron chi connectivity index (χ4n) is 2.37. The van der Waals surface area contributed by atoms with Crippen molar-refractivity contribution in [2.75, 3.05) is 46.4 Å². The summed E-state index contributed by atoms with van der Waals surface area (Å²) in [6.45, 7) is 5.62. The monoisotopic (exact) mass is 305 g/mol. The van der Waals surface area contributed by atoms with Crippen LogP contribution in [0.5, 0.6) is 5.75 Å². The van der Waals surface area contributed by atoms with Gasteiger partial charge in [-0.3, -0.25) is 9.59 Å². The molecular weight excluding hydrogens is 282 g/mol. The van der Waals surface area contributed by atoms with E-state index < -0.39 is 0 Å². The van der Waals surface area contributed by atoms with E-state index in [1.54, 1.807) is 36.2 Å². The third kappa shape index (κ3) is 4.21. The lowest BCUT2D eigenvalue weighted by molar-refractivity contribution is -0.132. The van der Waals surface area contributed by atoms with E-state index in [0.29, 0.717) is 25.3 Å². The van der Waals surface area contributed by atoms with E-state index in [0.717, 1.165) is 18.8 Å². The van der Waals surface area contributed by atoms with E-state index in [1.807, 2.05) is 6.92 Å². The third-order valence-corrected chi connectivity index (χ3v) is 3.60. The molecule has 1 aliphatic rings. The quantitative estimate of drug-likeness (QED) is 0.865. The topological polar surface area (TPSA) is 61.9 Å². The van der Waals surface area contributed by atoms with Crippen LogP contribution in [0.3, 0.4) is 0 Å². The van der Waals surface area contributed by atoms with E-state index in [4.69, 9.17) is 4.74 Å². The molecule has 2 rings (SSSR count). The zero-order valence-corrected chi connectivity index (χ0v) is 13.2. The molecule has 2 amide bonds. The summed E-state index contributed by atoms with van der Waals surface area (Å²) in [4.78, 5) is 27.8. The van der Waals surface area contributed by atoms with Gasteiger partial charge in [-0.1, -0.05) is 0 Å². The predicted molar refractivity (Wildman–Crippen MR) is 84.0 cm³/mol. The van der Waals surface area contributed by atoms with E-state index in [-0.39, 0.29) is 18.4 Å². The second-order valence-electron chi connectivity index (χ2n) is 5.25. The molecule has 1 N–H and O–H groups in total. The van der Waals surface area contributed by atoms with E-state index in [9.17, 15) is 9.59 Å². The Morgan fingerprint density at radius 1 is 1.23 bits per heavy atom. The summed E-state index contributed by atoms with van der Waals surface area (Å²) < 4.78 is 5.35. The molecule has 1 fully saturated rings. The van der Waals surface area contributed by atoms with Crippen molar-refractivity contribution in [1.82, 2.24) is 15.1 Å². The van der Waals surface area contributed by atoms with Gasteiger partial charge in [-0.05, 0) is 31.2 Å². The highest BCUT2D eigenvalue weighted by molar-refractivity contribution is 5.96. The van der Waals surface area contributed by atoms with Gasteiger partial charge in [0, 0.05) is 38.8 Å². The van der Waals surface area contributed by atoms with Gasteiger partial charge in [0.25, 0.3) is 5.91 Å². The van der Waals surface area contributed by atoms with Crippen LogP contribution in [0, 0.1) is 0 Å². The van der Waals surface area contributed by atoms with Gasteiger partial charge in [0.2, 0.25) is 5.91 Å². The minimum atomic E-state index is -0.161. The predicted octanol–water partition coefficient (Wildman–Crippen LogP) is 0.589. The number of likely N-dealkylation sites (N-methyl/N-ethyl adjacent to an activating group) is 1. The van der Waals surface area contributed by atoms with Crippen LogP contribution in [-0.2, 0) is 4.79 Å². The Morgan fingerprint density at radius 3 is 2.45 bits per heavy atom. The summed E-state index contributed by atoms with van der Waals surface area (Å²) in [6, 6.07) is 6.98. The second-order valence-corrected chi connectivity index (χ2v) is 5.25. The highest BCUT2D eigenvalue weighted by Gasteiger charge is 2.20. The zero-order valence-electron chi connectivity index (χ0n) is 13.2. The normalized spacial score (nSPS) is 14.5. The third-order valence-electron chi connectivity index (χ3n) is 3.60. The molecule has 1 aromatic carbocycles. The number of amides is 2. The zero-order chi connectivity index (χ0) is 15.9. The fourth-order valence-corrected chi connectivity index (χ4v) is 2.37. The molecule has 22 heavy (non-hydrogen) atoms. The summed E-state index contributed by atoms with van der Waals surface area (Å²) in [6.07, 6.45) is 0. The molecule has 0 atom stereocenters.